The van der Waals surface area contributed by atoms with Crippen molar-refractivity contribution in [2.24, 2.45) is 0 Å². The van der Waals surface area contributed by atoms with Gasteiger partial charge in [-0.3, -0.25) is 4.98 Å². The fourth-order valence-corrected chi connectivity index (χ4v) is 1.30. The SMILES string of the molecule is CCCCCCOc1ccncc1C#N. The highest BCUT2D eigenvalue weighted by Crippen LogP contribution is 2.15. The Labute approximate surface area is 90.7 Å². The van der Waals surface area contributed by atoms with E-state index < -0.39 is 0 Å². The van der Waals surface area contributed by atoms with E-state index in [0.717, 1.165) is 6.42 Å². The number of nitriles is 1. The maximum absolute atomic E-state index is 8.79. The number of nitrogens with zero attached hydrogens (tertiary/aromatic N) is 2. The van der Waals surface area contributed by atoms with Gasteiger partial charge in [-0.25, -0.2) is 0 Å². The molecule has 0 bridgehead atoms. The number of ether oxygens (including phenoxy) is 1. The van der Waals surface area contributed by atoms with Crippen LogP contribution in [0.1, 0.15) is 38.2 Å². The van der Waals surface area contributed by atoms with Crippen LogP contribution in [0.4, 0.5) is 0 Å². The van der Waals surface area contributed by atoms with Crippen molar-refractivity contribution >= 4 is 0 Å². The van der Waals surface area contributed by atoms with Gasteiger partial charge in [-0.05, 0) is 12.5 Å². The molecule has 0 saturated heterocycles. The van der Waals surface area contributed by atoms with Crippen LogP contribution >= 0.6 is 0 Å². The molecule has 80 valence electrons. The summed E-state index contributed by atoms with van der Waals surface area (Å²) in [6, 6.07) is 3.79. The third-order valence-corrected chi connectivity index (χ3v) is 2.16. The van der Waals surface area contributed by atoms with Crippen molar-refractivity contribution in [1.82, 2.24) is 4.98 Å². The van der Waals surface area contributed by atoms with Gasteiger partial charge in [0.25, 0.3) is 0 Å². The summed E-state index contributed by atoms with van der Waals surface area (Å²) in [5, 5.41) is 8.79. The predicted octanol–water partition coefficient (Wildman–Crippen LogP) is 2.91. The summed E-state index contributed by atoms with van der Waals surface area (Å²) in [5.74, 6) is 0.643. The van der Waals surface area contributed by atoms with Crippen LogP contribution in [0.15, 0.2) is 18.5 Å². The largest absolute Gasteiger partial charge is 0.492 e. The van der Waals surface area contributed by atoms with Gasteiger partial charge < -0.3 is 4.74 Å². The second-order valence-electron chi connectivity index (χ2n) is 3.39. The van der Waals surface area contributed by atoms with E-state index >= 15 is 0 Å². The summed E-state index contributed by atoms with van der Waals surface area (Å²) < 4.78 is 5.51. The molecule has 3 heteroatoms. The fraction of sp³-hybridized carbons (Fsp3) is 0.500. The molecule has 3 nitrogen and oxygen atoms in total. The van der Waals surface area contributed by atoms with Gasteiger partial charge in [-0.2, -0.15) is 5.26 Å². The molecule has 0 atom stereocenters. The Morgan fingerprint density at radius 2 is 2.27 bits per heavy atom. The molecular weight excluding hydrogens is 188 g/mol. The molecule has 1 aromatic rings. The first-order valence-electron chi connectivity index (χ1n) is 5.35. The molecule has 0 aliphatic carbocycles. The highest BCUT2D eigenvalue weighted by atomic mass is 16.5. The van der Waals surface area contributed by atoms with Crippen LogP contribution < -0.4 is 4.74 Å². The second kappa shape index (κ2) is 6.83. The number of hydrogen-bond acceptors (Lipinski definition) is 3. The molecule has 1 rings (SSSR count). The van der Waals surface area contributed by atoms with Crippen LogP contribution in [0.3, 0.4) is 0 Å². The van der Waals surface area contributed by atoms with Crippen LogP contribution in [-0.4, -0.2) is 11.6 Å². The molecule has 0 aliphatic rings. The maximum atomic E-state index is 8.79. The standard InChI is InChI=1S/C12H16N2O/c1-2-3-4-5-8-15-12-6-7-14-10-11(12)9-13/h6-7,10H,2-5,8H2,1H3. The summed E-state index contributed by atoms with van der Waals surface area (Å²) in [6.07, 6.45) is 7.86. The first-order valence-corrected chi connectivity index (χ1v) is 5.35. The van der Waals surface area contributed by atoms with Crippen LogP contribution in [0.25, 0.3) is 0 Å². The van der Waals surface area contributed by atoms with Crippen LogP contribution in [0.5, 0.6) is 5.75 Å². The van der Waals surface area contributed by atoms with E-state index in [0.29, 0.717) is 17.9 Å². The Morgan fingerprint density at radius 1 is 1.40 bits per heavy atom. The third kappa shape index (κ3) is 3.99. The zero-order valence-corrected chi connectivity index (χ0v) is 9.07. The topological polar surface area (TPSA) is 45.9 Å². The Kier molecular flexibility index (Phi) is 5.24. The molecule has 1 heterocycles. The highest BCUT2D eigenvalue weighted by molar-refractivity contribution is 5.39. The van der Waals surface area contributed by atoms with E-state index in [1.165, 1.54) is 25.5 Å². The minimum Gasteiger partial charge on any atom is -0.492 e. The van der Waals surface area contributed by atoms with Gasteiger partial charge in [0, 0.05) is 12.4 Å². The number of hydrogen-bond donors (Lipinski definition) is 0. The van der Waals surface area contributed by atoms with Crippen LogP contribution in [0, 0.1) is 11.3 Å². The van der Waals surface area contributed by atoms with Gasteiger partial charge in [0.15, 0.2) is 0 Å². The number of rotatable bonds is 6. The molecular formula is C12H16N2O. The molecule has 0 fully saturated rings. The first kappa shape index (κ1) is 11.5. The summed E-state index contributed by atoms with van der Waals surface area (Å²) in [4.78, 5) is 3.87. The molecule has 0 aliphatic heterocycles. The quantitative estimate of drug-likeness (QED) is 0.669. The molecule has 0 spiro atoms. The van der Waals surface area contributed by atoms with E-state index in [1.807, 2.05) is 0 Å². The van der Waals surface area contributed by atoms with E-state index in [1.54, 1.807) is 12.3 Å². The van der Waals surface area contributed by atoms with Crippen molar-refractivity contribution in [2.45, 2.75) is 32.6 Å². The average molecular weight is 204 g/mol. The zero-order valence-electron chi connectivity index (χ0n) is 9.07. The summed E-state index contributed by atoms with van der Waals surface area (Å²) >= 11 is 0. The molecule has 1 aromatic heterocycles. The predicted molar refractivity (Wildman–Crippen MR) is 58.6 cm³/mol. The van der Waals surface area contributed by atoms with Crippen molar-refractivity contribution in [2.75, 3.05) is 6.61 Å². The second-order valence-corrected chi connectivity index (χ2v) is 3.39. The van der Waals surface area contributed by atoms with Crippen molar-refractivity contribution < 1.29 is 4.74 Å². The fourth-order valence-electron chi connectivity index (χ4n) is 1.30. The van der Waals surface area contributed by atoms with Crippen LogP contribution in [-0.2, 0) is 0 Å². The Balaban J connectivity index is 2.34. The number of aromatic nitrogens is 1. The Bertz CT molecular complexity index is 331. The first-order chi connectivity index (χ1) is 7.38. The van der Waals surface area contributed by atoms with Gasteiger partial charge in [0.05, 0.1) is 6.61 Å². The lowest BCUT2D eigenvalue weighted by Gasteiger charge is -2.06. The highest BCUT2D eigenvalue weighted by Gasteiger charge is 2.01. The third-order valence-electron chi connectivity index (χ3n) is 2.16. The van der Waals surface area contributed by atoms with Crippen molar-refractivity contribution in [3.05, 3.63) is 24.0 Å². The number of unbranched alkanes of at least 4 members (excludes halogenated alkanes) is 3. The Hall–Kier alpha value is -1.56. The van der Waals surface area contributed by atoms with Crippen molar-refractivity contribution in [3.8, 4) is 11.8 Å². The van der Waals surface area contributed by atoms with Crippen LogP contribution in [0.2, 0.25) is 0 Å². The minimum atomic E-state index is 0.507. The molecule has 0 N–H and O–H groups in total. The Morgan fingerprint density at radius 3 is 3.00 bits per heavy atom. The average Bonchev–Trinajstić information content (AvgIpc) is 2.29. The van der Waals surface area contributed by atoms with Crippen molar-refractivity contribution in [3.63, 3.8) is 0 Å². The van der Waals surface area contributed by atoms with E-state index in [-0.39, 0.29) is 0 Å². The van der Waals surface area contributed by atoms with Gasteiger partial charge in [0.1, 0.15) is 17.4 Å². The van der Waals surface area contributed by atoms with Gasteiger partial charge in [0.2, 0.25) is 0 Å². The number of pyridine rings is 1. The van der Waals surface area contributed by atoms with Gasteiger partial charge in [-0.15, -0.1) is 0 Å². The molecule has 0 saturated carbocycles. The van der Waals surface area contributed by atoms with Crippen molar-refractivity contribution in [1.29, 1.82) is 5.26 Å². The zero-order chi connectivity index (χ0) is 10.9. The van der Waals surface area contributed by atoms with E-state index in [2.05, 4.69) is 18.0 Å². The summed E-state index contributed by atoms with van der Waals surface area (Å²) in [6.45, 7) is 2.86. The molecule has 0 radical (unpaired) electrons. The smallest absolute Gasteiger partial charge is 0.140 e. The lowest BCUT2D eigenvalue weighted by atomic mass is 10.2. The molecule has 0 amide bonds. The molecule has 0 aromatic carbocycles. The lowest BCUT2D eigenvalue weighted by Crippen LogP contribution is -1.99. The lowest BCUT2D eigenvalue weighted by molar-refractivity contribution is 0.304. The summed E-state index contributed by atoms with van der Waals surface area (Å²) in [5.41, 5.74) is 0.507. The maximum Gasteiger partial charge on any atom is 0.140 e. The monoisotopic (exact) mass is 204 g/mol. The normalized spacial score (nSPS) is 9.60. The van der Waals surface area contributed by atoms with E-state index in [9.17, 15) is 0 Å². The molecule has 15 heavy (non-hydrogen) atoms. The van der Waals surface area contributed by atoms with Gasteiger partial charge >= 0.3 is 0 Å². The van der Waals surface area contributed by atoms with Gasteiger partial charge in [-0.1, -0.05) is 26.2 Å². The minimum absolute atomic E-state index is 0.507. The summed E-state index contributed by atoms with van der Waals surface area (Å²) in [7, 11) is 0. The molecule has 0 unspecified atom stereocenters. The van der Waals surface area contributed by atoms with E-state index in [4.69, 9.17) is 10.00 Å².